The van der Waals surface area contributed by atoms with Crippen molar-refractivity contribution in [3.63, 3.8) is 0 Å². The Morgan fingerprint density at radius 1 is 1.42 bits per heavy atom. The number of fused-ring (bicyclic) bond motifs is 1. The summed E-state index contributed by atoms with van der Waals surface area (Å²) in [4.78, 5) is 25.3. The highest BCUT2D eigenvalue weighted by Gasteiger charge is 2.15. The number of carboxylic acid groups (broad SMARTS) is 1. The van der Waals surface area contributed by atoms with Gasteiger partial charge in [-0.1, -0.05) is 0 Å². The number of aromatic nitrogens is 1. The summed E-state index contributed by atoms with van der Waals surface area (Å²) >= 11 is 0. The molecule has 0 saturated heterocycles. The SMILES string of the molecule is C[C@H](NC(=O)Cc1c[nH]c2ccc(O)cc12)C(=O)O. The Bertz CT molecular complexity index is 633. The molecule has 100 valence electrons. The van der Waals surface area contributed by atoms with Crippen molar-refractivity contribution >= 4 is 22.8 Å². The van der Waals surface area contributed by atoms with E-state index in [2.05, 4.69) is 10.3 Å². The number of hydrogen-bond acceptors (Lipinski definition) is 3. The number of carbonyl (C=O) groups excluding carboxylic acids is 1. The van der Waals surface area contributed by atoms with Crippen molar-refractivity contribution in [3.05, 3.63) is 30.0 Å². The molecule has 0 aliphatic heterocycles. The second-order valence-electron chi connectivity index (χ2n) is 4.35. The molecule has 0 radical (unpaired) electrons. The molecule has 6 nitrogen and oxygen atoms in total. The summed E-state index contributed by atoms with van der Waals surface area (Å²) in [5.41, 5.74) is 1.52. The molecule has 1 aromatic carbocycles. The number of aliphatic carboxylic acids is 1. The number of nitrogens with one attached hydrogen (secondary N) is 2. The fourth-order valence-electron chi connectivity index (χ4n) is 1.84. The molecule has 1 heterocycles. The minimum atomic E-state index is -1.08. The number of rotatable bonds is 4. The molecule has 19 heavy (non-hydrogen) atoms. The zero-order chi connectivity index (χ0) is 14.0. The summed E-state index contributed by atoms with van der Waals surface area (Å²) in [7, 11) is 0. The van der Waals surface area contributed by atoms with Gasteiger partial charge in [-0.3, -0.25) is 9.59 Å². The molecule has 0 spiro atoms. The second-order valence-corrected chi connectivity index (χ2v) is 4.35. The van der Waals surface area contributed by atoms with Crippen LogP contribution in [-0.2, 0) is 16.0 Å². The van der Waals surface area contributed by atoms with E-state index >= 15 is 0 Å². The molecular formula is C13H14N2O4. The van der Waals surface area contributed by atoms with Crippen molar-refractivity contribution in [2.24, 2.45) is 0 Å². The first-order chi connectivity index (χ1) is 8.97. The number of aromatic hydroxyl groups is 1. The number of phenolic OH excluding ortho intramolecular Hbond substituents is 1. The van der Waals surface area contributed by atoms with Crippen LogP contribution in [0.5, 0.6) is 5.75 Å². The number of hydrogen-bond donors (Lipinski definition) is 4. The summed E-state index contributed by atoms with van der Waals surface area (Å²) in [6.07, 6.45) is 1.73. The van der Waals surface area contributed by atoms with Crippen LogP contribution in [0.2, 0.25) is 0 Å². The van der Waals surface area contributed by atoms with Crippen LogP contribution in [0, 0.1) is 0 Å². The minimum Gasteiger partial charge on any atom is -0.508 e. The molecule has 0 fully saturated rings. The van der Waals surface area contributed by atoms with Crippen LogP contribution in [-0.4, -0.2) is 33.1 Å². The Morgan fingerprint density at radius 3 is 2.84 bits per heavy atom. The normalized spacial score (nSPS) is 12.3. The number of aromatic amines is 1. The van der Waals surface area contributed by atoms with E-state index in [1.165, 1.54) is 6.92 Å². The molecule has 6 heteroatoms. The van der Waals surface area contributed by atoms with Crippen LogP contribution >= 0.6 is 0 Å². The molecule has 1 atom stereocenters. The minimum absolute atomic E-state index is 0.0566. The smallest absolute Gasteiger partial charge is 0.325 e. The van der Waals surface area contributed by atoms with Gasteiger partial charge in [0.25, 0.3) is 0 Å². The third-order valence-corrected chi connectivity index (χ3v) is 2.85. The highest BCUT2D eigenvalue weighted by atomic mass is 16.4. The number of carboxylic acids is 1. The van der Waals surface area contributed by atoms with Crippen LogP contribution in [0.25, 0.3) is 10.9 Å². The molecule has 0 bridgehead atoms. The molecular weight excluding hydrogens is 248 g/mol. The zero-order valence-electron chi connectivity index (χ0n) is 10.3. The topological polar surface area (TPSA) is 102 Å². The zero-order valence-corrected chi connectivity index (χ0v) is 10.3. The number of amides is 1. The largest absolute Gasteiger partial charge is 0.508 e. The Labute approximate surface area is 109 Å². The lowest BCUT2D eigenvalue weighted by Crippen LogP contribution is -2.39. The molecule has 1 amide bonds. The summed E-state index contributed by atoms with van der Waals surface area (Å²) < 4.78 is 0. The van der Waals surface area contributed by atoms with E-state index in [1.807, 2.05) is 0 Å². The Kier molecular flexibility index (Phi) is 3.41. The van der Waals surface area contributed by atoms with Gasteiger partial charge >= 0.3 is 5.97 Å². The van der Waals surface area contributed by atoms with Gasteiger partial charge in [-0.15, -0.1) is 0 Å². The van der Waals surface area contributed by atoms with Crippen LogP contribution in [0.15, 0.2) is 24.4 Å². The number of carbonyl (C=O) groups is 2. The highest BCUT2D eigenvalue weighted by Crippen LogP contribution is 2.23. The quantitative estimate of drug-likeness (QED) is 0.660. The molecule has 0 aliphatic carbocycles. The Morgan fingerprint density at radius 2 is 2.16 bits per heavy atom. The van der Waals surface area contributed by atoms with Gasteiger partial charge in [0.05, 0.1) is 6.42 Å². The Hall–Kier alpha value is -2.50. The van der Waals surface area contributed by atoms with Gasteiger partial charge in [-0.05, 0) is 30.7 Å². The summed E-state index contributed by atoms with van der Waals surface area (Å²) in [6, 6.07) is 3.90. The maximum absolute atomic E-state index is 11.7. The number of H-pyrrole nitrogens is 1. The number of benzene rings is 1. The van der Waals surface area contributed by atoms with Crippen LogP contribution in [0.4, 0.5) is 0 Å². The summed E-state index contributed by atoms with van der Waals surface area (Å²) in [6.45, 7) is 1.40. The fraction of sp³-hybridized carbons (Fsp3) is 0.231. The van der Waals surface area contributed by atoms with Crippen LogP contribution in [0.1, 0.15) is 12.5 Å². The average molecular weight is 262 g/mol. The third-order valence-electron chi connectivity index (χ3n) is 2.85. The monoisotopic (exact) mass is 262 g/mol. The van der Waals surface area contributed by atoms with Crippen molar-refractivity contribution < 1.29 is 19.8 Å². The lowest BCUT2D eigenvalue weighted by molar-refractivity contribution is -0.141. The fourth-order valence-corrected chi connectivity index (χ4v) is 1.84. The first kappa shape index (κ1) is 12.9. The maximum Gasteiger partial charge on any atom is 0.325 e. The van der Waals surface area contributed by atoms with E-state index in [-0.39, 0.29) is 18.1 Å². The molecule has 0 aliphatic rings. The summed E-state index contributed by atoms with van der Waals surface area (Å²) in [5, 5.41) is 21.3. The molecule has 0 saturated carbocycles. The predicted molar refractivity (Wildman–Crippen MR) is 68.9 cm³/mol. The van der Waals surface area contributed by atoms with E-state index in [9.17, 15) is 14.7 Å². The van der Waals surface area contributed by atoms with E-state index < -0.39 is 12.0 Å². The van der Waals surface area contributed by atoms with Gasteiger partial charge in [-0.25, -0.2) is 0 Å². The first-order valence-electron chi connectivity index (χ1n) is 5.78. The van der Waals surface area contributed by atoms with Crippen LogP contribution in [0.3, 0.4) is 0 Å². The lowest BCUT2D eigenvalue weighted by Gasteiger charge is -2.08. The van der Waals surface area contributed by atoms with Gasteiger partial charge in [-0.2, -0.15) is 0 Å². The lowest BCUT2D eigenvalue weighted by atomic mass is 10.1. The van der Waals surface area contributed by atoms with Crippen molar-refractivity contribution in [2.75, 3.05) is 0 Å². The van der Waals surface area contributed by atoms with E-state index in [4.69, 9.17) is 5.11 Å². The number of phenols is 1. The predicted octanol–water partition coefficient (Wildman–Crippen LogP) is 1.01. The van der Waals surface area contributed by atoms with E-state index in [1.54, 1.807) is 24.4 Å². The van der Waals surface area contributed by atoms with Crippen molar-refractivity contribution in [1.82, 2.24) is 10.3 Å². The molecule has 0 unspecified atom stereocenters. The van der Waals surface area contributed by atoms with Gasteiger partial charge in [0.2, 0.25) is 5.91 Å². The first-order valence-corrected chi connectivity index (χ1v) is 5.78. The molecule has 1 aromatic heterocycles. The van der Waals surface area contributed by atoms with Crippen molar-refractivity contribution in [1.29, 1.82) is 0 Å². The van der Waals surface area contributed by atoms with E-state index in [0.717, 1.165) is 10.9 Å². The van der Waals surface area contributed by atoms with Gasteiger partial charge < -0.3 is 20.5 Å². The standard InChI is InChI=1S/C13H14N2O4/c1-7(13(18)19)15-12(17)4-8-6-14-11-3-2-9(16)5-10(8)11/h2-3,5-7,14,16H,4H2,1H3,(H,15,17)(H,18,19)/t7-/m0/s1. The van der Waals surface area contributed by atoms with Crippen LogP contribution < -0.4 is 5.32 Å². The highest BCUT2D eigenvalue weighted by molar-refractivity contribution is 5.91. The third kappa shape index (κ3) is 2.85. The Balaban J connectivity index is 2.15. The molecule has 2 aromatic rings. The van der Waals surface area contributed by atoms with E-state index in [0.29, 0.717) is 5.56 Å². The second kappa shape index (κ2) is 5.01. The summed E-state index contributed by atoms with van der Waals surface area (Å²) in [5.74, 6) is -1.34. The molecule has 2 rings (SSSR count). The average Bonchev–Trinajstić information content (AvgIpc) is 2.71. The van der Waals surface area contributed by atoms with Gasteiger partial charge in [0.15, 0.2) is 0 Å². The van der Waals surface area contributed by atoms with Crippen molar-refractivity contribution in [2.45, 2.75) is 19.4 Å². The van der Waals surface area contributed by atoms with Gasteiger partial charge in [0, 0.05) is 17.1 Å². The molecule has 4 N–H and O–H groups in total. The van der Waals surface area contributed by atoms with Crippen molar-refractivity contribution in [3.8, 4) is 5.75 Å². The van der Waals surface area contributed by atoms with Gasteiger partial charge in [0.1, 0.15) is 11.8 Å². The maximum atomic E-state index is 11.7.